The number of aromatic nitrogens is 2. The van der Waals surface area contributed by atoms with E-state index in [4.69, 9.17) is 15.0 Å². The van der Waals surface area contributed by atoms with E-state index in [1.165, 1.54) is 12.8 Å². The van der Waals surface area contributed by atoms with Crippen LogP contribution in [-0.2, 0) is 4.74 Å². The maximum Gasteiger partial charge on any atom is 0.255 e. The molecular weight excluding hydrogens is 194 g/mol. The van der Waals surface area contributed by atoms with Crippen LogP contribution in [0.25, 0.3) is 0 Å². The van der Waals surface area contributed by atoms with E-state index < -0.39 is 0 Å². The summed E-state index contributed by atoms with van der Waals surface area (Å²) in [4.78, 5) is 4.38. The highest BCUT2D eigenvalue weighted by Crippen LogP contribution is 2.39. The van der Waals surface area contributed by atoms with E-state index in [1.54, 1.807) is 0 Å². The van der Waals surface area contributed by atoms with Gasteiger partial charge in [0, 0.05) is 12.5 Å². The lowest BCUT2D eigenvalue weighted by atomic mass is 10.2. The Hall–Kier alpha value is -0.940. The van der Waals surface area contributed by atoms with Crippen molar-refractivity contribution < 1.29 is 9.26 Å². The second-order valence-electron chi connectivity index (χ2n) is 4.32. The van der Waals surface area contributed by atoms with Crippen LogP contribution in [-0.4, -0.2) is 22.8 Å². The van der Waals surface area contributed by atoms with E-state index >= 15 is 0 Å². The highest BCUT2D eigenvalue weighted by Gasteiger charge is 2.33. The topological polar surface area (TPSA) is 74.2 Å². The summed E-state index contributed by atoms with van der Waals surface area (Å²) in [5, 5.41) is 3.98. The summed E-state index contributed by atoms with van der Waals surface area (Å²) in [6.45, 7) is 0.570. The molecule has 2 fully saturated rings. The summed E-state index contributed by atoms with van der Waals surface area (Å²) in [6.07, 6.45) is 4.44. The van der Waals surface area contributed by atoms with E-state index in [9.17, 15) is 0 Å². The van der Waals surface area contributed by atoms with Crippen LogP contribution >= 0.6 is 0 Å². The van der Waals surface area contributed by atoms with Crippen LogP contribution in [0.15, 0.2) is 4.52 Å². The molecule has 0 bridgehead atoms. The zero-order valence-electron chi connectivity index (χ0n) is 8.56. The molecule has 3 rings (SSSR count). The van der Waals surface area contributed by atoms with Crippen molar-refractivity contribution in [2.45, 2.75) is 43.8 Å². The molecule has 0 spiro atoms. The Kier molecular flexibility index (Phi) is 2.21. The zero-order valence-corrected chi connectivity index (χ0v) is 8.56. The molecule has 2 atom stereocenters. The molecule has 5 heteroatoms. The fraction of sp³-hybridized carbons (Fsp3) is 0.800. The van der Waals surface area contributed by atoms with Crippen molar-refractivity contribution in [1.82, 2.24) is 10.1 Å². The van der Waals surface area contributed by atoms with Gasteiger partial charge in [-0.1, -0.05) is 5.16 Å². The number of hydrogen-bond acceptors (Lipinski definition) is 5. The normalized spacial score (nSPS) is 31.0. The third kappa shape index (κ3) is 1.77. The lowest BCUT2D eigenvalue weighted by molar-refractivity contribution is 0.0307. The number of nitrogens with zero attached hydrogens (tertiary/aromatic N) is 2. The molecule has 2 N–H and O–H groups in total. The molecule has 1 saturated heterocycles. The fourth-order valence-electron chi connectivity index (χ4n) is 1.95. The van der Waals surface area contributed by atoms with Gasteiger partial charge in [0.05, 0.1) is 6.10 Å². The van der Waals surface area contributed by atoms with E-state index in [0.717, 1.165) is 18.7 Å². The summed E-state index contributed by atoms with van der Waals surface area (Å²) < 4.78 is 10.9. The van der Waals surface area contributed by atoms with Crippen molar-refractivity contribution in [3.63, 3.8) is 0 Å². The molecule has 0 amide bonds. The number of nitrogens with two attached hydrogens (primary N) is 1. The molecule has 1 aromatic heterocycles. The number of ether oxygens (including phenoxy) is 1. The van der Waals surface area contributed by atoms with E-state index in [1.807, 2.05) is 0 Å². The summed E-state index contributed by atoms with van der Waals surface area (Å²) in [6, 6.07) is 0. The van der Waals surface area contributed by atoms with Crippen LogP contribution in [0, 0.1) is 0 Å². The average Bonchev–Trinajstić information content (AvgIpc) is 2.84. The quantitative estimate of drug-likeness (QED) is 0.807. The minimum atomic E-state index is -0.0291. The Morgan fingerprint density at radius 3 is 2.80 bits per heavy atom. The molecule has 1 aliphatic heterocycles. The lowest BCUT2D eigenvalue weighted by Gasteiger charge is -2.07. The second-order valence-corrected chi connectivity index (χ2v) is 4.32. The van der Waals surface area contributed by atoms with Gasteiger partial charge < -0.3 is 15.0 Å². The molecule has 2 aliphatic rings. The zero-order chi connectivity index (χ0) is 10.3. The summed E-state index contributed by atoms with van der Waals surface area (Å²) >= 11 is 0. The second kappa shape index (κ2) is 3.57. The average molecular weight is 209 g/mol. The minimum Gasteiger partial charge on any atom is -0.364 e. The molecule has 2 unspecified atom stereocenters. The number of rotatable bonds is 3. The standard InChI is InChI=1S/C10H15N3O2/c11-5-7-3-4-8(14-7)10-12-9(13-15-10)6-1-2-6/h6-8H,1-5,11H2. The van der Waals surface area contributed by atoms with Crippen molar-refractivity contribution in [1.29, 1.82) is 0 Å². The first kappa shape index (κ1) is 9.30. The molecule has 82 valence electrons. The summed E-state index contributed by atoms with van der Waals surface area (Å²) in [5.74, 6) is 2.02. The predicted molar refractivity (Wildman–Crippen MR) is 52.2 cm³/mol. The van der Waals surface area contributed by atoms with Crippen LogP contribution < -0.4 is 5.73 Å². The van der Waals surface area contributed by atoms with Crippen LogP contribution in [0.4, 0.5) is 0 Å². The third-order valence-corrected chi connectivity index (χ3v) is 3.05. The van der Waals surface area contributed by atoms with Crippen molar-refractivity contribution in [3.05, 3.63) is 11.7 Å². The third-order valence-electron chi connectivity index (χ3n) is 3.05. The Morgan fingerprint density at radius 2 is 2.13 bits per heavy atom. The smallest absolute Gasteiger partial charge is 0.255 e. The van der Waals surface area contributed by atoms with Gasteiger partial charge >= 0.3 is 0 Å². The molecule has 5 nitrogen and oxygen atoms in total. The molecule has 0 radical (unpaired) electrons. The van der Waals surface area contributed by atoms with Crippen molar-refractivity contribution in [2.24, 2.45) is 5.73 Å². The fourth-order valence-corrected chi connectivity index (χ4v) is 1.95. The van der Waals surface area contributed by atoms with Crippen molar-refractivity contribution in [2.75, 3.05) is 6.54 Å². The van der Waals surface area contributed by atoms with Gasteiger partial charge in [0.1, 0.15) is 6.10 Å². The molecular formula is C10H15N3O2. The molecule has 1 aliphatic carbocycles. The first-order valence-electron chi connectivity index (χ1n) is 5.56. The van der Waals surface area contributed by atoms with Gasteiger partial charge in [-0.2, -0.15) is 4.98 Å². The van der Waals surface area contributed by atoms with Gasteiger partial charge in [0.2, 0.25) is 0 Å². The summed E-state index contributed by atoms with van der Waals surface area (Å²) in [7, 11) is 0. The van der Waals surface area contributed by atoms with Crippen LogP contribution in [0.2, 0.25) is 0 Å². The van der Waals surface area contributed by atoms with Crippen LogP contribution in [0.5, 0.6) is 0 Å². The number of hydrogen-bond donors (Lipinski definition) is 1. The monoisotopic (exact) mass is 209 g/mol. The van der Waals surface area contributed by atoms with Crippen LogP contribution in [0.1, 0.15) is 49.4 Å². The SMILES string of the molecule is NCC1CCC(c2nc(C3CC3)no2)O1. The Labute approximate surface area is 88.0 Å². The molecule has 0 aromatic carbocycles. The lowest BCUT2D eigenvalue weighted by Crippen LogP contribution is -2.18. The van der Waals surface area contributed by atoms with Crippen molar-refractivity contribution >= 4 is 0 Å². The molecule has 2 heterocycles. The van der Waals surface area contributed by atoms with E-state index in [0.29, 0.717) is 18.4 Å². The maximum atomic E-state index is 5.69. The van der Waals surface area contributed by atoms with Gasteiger partial charge in [-0.05, 0) is 25.7 Å². The Bertz CT molecular complexity index is 348. The van der Waals surface area contributed by atoms with Gasteiger partial charge in [-0.25, -0.2) is 0 Å². The van der Waals surface area contributed by atoms with E-state index in [-0.39, 0.29) is 12.2 Å². The van der Waals surface area contributed by atoms with Gasteiger partial charge in [-0.15, -0.1) is 0 Å². The Balaban J connectivity index is 1.70. The summed E-state index contributed by atoms with van der Waals surface area (Å²) in [5.41, 5.74) is 5.55. The van der Waals surface area contributed by atoms with Crippen molar-refractivity contribution in [3.8, 4) is 0 Å². The van der Waals surface area contributed by atoms with E-state index in [2.05, 4.69) is 10.1 Å². The predicted octanol–water partition coefficient (Wildman–Crippen LogP) is 1.13. The highest BCUT2D eigenvalue weighted by atomic mass is 16.5. The Morgan fingerprint density at radius 1 is 1.27 bits per heavy atom. The first-order chi connectivity index (χ1) is 7.36. The molecule has 15 heavy (non-hydrogen) atoms. The first-order valence-corrected chi connectivity index (χ1v) is 5.56. The van der Waals surface area contributed by atoms with Gasteiger partial charge in [0.25, 0.3) is 5.89 Å². The largest absolute Gasteiger partial charge is 0.364 e. The molecule has 1 saturated carbocycles. The highest BCUT2D eigenvalue weighted by molar-refractivity contribution is 5.04. The molecule has 1 aromatic rings. The van der Waals surface area contributed by atoms with Crippen LogP contribution in [0.3, 0.4) is 0 Å². The minimum absolute atomic E-state index is 0.0291. The van der Waals surface area contributed by atoms with Gasteiger partial charge in [-0.3, -0.25) is 0 Å². The maximum absolute atomic E-state index is 5.69. The van der Waals surface area contributed by atoms with Gasteiger partial charge in [0.15, 0.2) is 5.82 Å².